The van der Waals surface area contributed by atoms with Crippen molar-refractivity contribution in [2.75, 3.05) is 47.5 Å². The third-order valence-electron chi connectivity index (χ3n) is 13.8. The summed E-state index contributed by atoms with van der Waals surface area (Å²) in [5.41, 5.74) is 0. The van der Waals surface area contributed by atoms with Gasteiger partial charge in [0.25, 0.3) is 7.82 Å². The smallest absolute Gasteiger partial charge is 0.306 e. The molecule has 0 radical (unpaired) electrons. The van der Waals surface area contributed by atoms with Gasteiger partial charge in [0, 0.05) is 12.8 Å². The van der Waals surface area contributed by atoms with Crippen molar-refractivity contribution in [1.82, 2.24) is 0 Å². The molecule has 0 aliphatic rings. The number of ether oxygens (including phenoxy) is 2. The van der Waals surface area contributed by atoms with Crippen LogP contribution in [0.15, 0.2) is 12.2 Å². The topological polar surface area (TPSA) is 111 Å². The molecule has 0 saturated heterocycles. The number of quaternary nitrogens is 1. The summed E-state index contributed by atoms with van der Waals surface area (Å²) in [6, 6.07) is 0. The van der Waals surface area contributed by atoms with Gasteiger partial charge in [-0.2, -0.15) is 0 Å². The van der Waals surface area contributed by atoms with Crippen molar-refractivity contribution in [3.63, 3.8) is 0 Å². The summed E-state index contributed by atoms with van der Waals surface area (Å²) in [4.78, 5) is 37.5. The number of hydrogen-bond donors (Lipinski definition) is 0. The fraction of sp³-hybridized carbons (Fsp3) is 0.933. The third-order valence-corrected chi connectivity index (χ3v) is 14.7. The first-order valence-electron chi connectivity index (χ1n) is 30.4. The molecular formula is C60H118NO8P. The number of likely N-dealkylation sites (N-methyl/N-ethyl adjacent to an activating group) is 1. The van der Waals surface area contributed by atoms with Gasteiger partial charge >= 0.3 is 11.9 Å². The van der Waals surface area contributed by atoms with E-state index in [1.807, 2.05) is 21.1 Å². The molecule has 0 heterocycles. The van der Waals surface area contributed by atoms with E-state index in [0.29, 0.717) is 17.4 Å². The van der Waals surface area contributed by atoms with Crippen LogP contribution in [0.5, 0.6) is 0 Å². The van der Waals surface area contributed by atoms with Gasteiger partial charge in [-0.1, -0.05) is 270 Å². The number of phosphoric ester groups is 1. The summed E-state index contributed by atoms with van der Waals surface area (Å²) < 4.78 is 33.9. The highest BCUT2D eigenvalue weighted by Crippen LogP contribution is 2.38. The van der Waals surface area contributed by atoms with Crippen molar-refractivity contribution in [2.45, 2.75) is 315 Å². The Labute approximate surface area is 435 Å². The SMILES string of the molecule is CCCCCCCCCC/C=C\CCCCCCCCCCCCCCCCCCCCCCCCCCCCCC(=O)OC(COC(=O)CCCCCCCCC)COP(=O)([O-])OCC[N+](C)(C)C. The fourth-order valence-electron chi connectivity index (χ4n) is 9.07. The summed E-state index contributed by atoms with van der Waals surface area (Å²) in [7, 11) is 1.18. The molecule has 0 amide bonds. The Hall–Kier alpha value is -1.25. The normalized spacial score (nSPS) is 13.3. The van der Waals surface area contributed by atoms with Crippen LogP contribution in [-0.4, -0.2) is 70.0 Å². The minimum Gasteiger partial charge on any atom is -0.756 e. The molecule has 0 spiro atoms. The average molecular weight is 1010 g/mol. The van der Waals surface area contributed by atoms with Crippen molar-refractivity contribution in [3.05, 3.63) is 12.2 Å². The summed E-state index contributed by atoms with van der Waals surface area (Å²) in [6.45, 7) is 4.22. The Balaban J connectivity index is 3.73. The lowest BCUT2D eigenvalue weighted by atomic mass is 10.0. The zero-order chi connectivity index (χ0) is 51.3. The molecule has 416 valence electrons. The lowest BCUT2D eigenvalue weighted by Crippen LogP contribution is -2.37. The molecular weight excluding hydrogens is 894 g/mol. The van der Waals surface area contributed by atoms with Crippen molar-refractivity contribution in [3.8, 4) is 0 Å². The number of carbonyl (C=O) groups excluding carboxylic acids is 2. The third kappa shape index (κ3) is 56.1. The molecule has 2 atom stereocenters. The van der Waals surface area contributed by atoms with E-state index in [0.717, 1.165) is 32.1 Å². The molecule has 0 saturated carbocycles. The Bertz CT molecular complexity index is 1190. The van der Waals surface area contributed by atoms with Gasteiger partial charge in [-0.05, 0) is 38.5 Å². The molecule has 0 aliphatic heterocycles. The number of nitrogens with zero attached hydrogens (tertiary/aromatic N) is 1. The number of carbonyl (C=O) groups is 2. The lowest BCUT2D eigenvalue weighted by Gasteiger charge is -2.28. The van der Waals surface area contributed by atoms with Gasteiger partial charge in [0.2, 0.25) is 0 Å². The minimum absolute atomic E-state index is 0.0265. The second-order valence-electron chi connectivity index (χ2n) is 22.1. The molecule has 0 aliphatic carbocycles. The predicted molar refractivity (Wildman–Crippen MR) is 296 cm³/mol. The van der Waals surface area contributed by atoms with Crippen LogP contribution in [0, 0.1) is 0 Å². The van der Waals surface area contributed by atoms with Crippen LogP contribution < -0.4 is 4.89 Å². The van der Waals surface area contributed by atoms with Crippen LogP contribution in [0.25, 0.3) is 0 Å². The van der Waals surface area contributed by atoms with Gasteiger partial charge in [-0.3, -0.25) is 14.2 Å². The van der Waals surface area contributed by atoms with E-state index in [1.165, 1.54) is 244 Å². The van der Waals surface area contributed by atoms with Crippen LogP contribution in [0.4, 0.5) is 0 Å². The summed E-state index contributed by atoms with van der Waals surface area (Å²) >= 11 is 0. The molecule has 9 nitrogen and oxygen atoms in total. The summed E-state index contributed by atoms with van der Waals surface area (Å²) in [5.74, 6) is -0.825. The van der Waals surface area contributed by atoms with Gasteiger partial charge in [0.05, 0.1) is 27.7 Å². The molecule has 0 N–H and O–H groups in total. The zero-order valence-electron chi connectivity index (χ0n) is 47.2. The van der Waals surface area contributed by atoms with Crippen LogP contribution in [-0.2, 0) is 32.7 Å². The molecule has 10 heteroatoms. The van der Waals surface area contributed by atoms with Gasteiger partial charge < -0.3 is 27.9 Å². The van der Waals surface area contributed by atoms with Crippen LogP contribution in [0.1, 0.15) is 309 Å². The average Bonchev–Trinajstić information content (AvgIpc) is 3.32. The van der Waals surface area contributed by atoms with Gasteiger partial charge in [0.1, 0.15) is 19.8 Å². The highest BCUT2D eigenvalue weighted by molar-refractivity contribution is 7.45. The second-order valence-corrected chi connectivity index (χ2v) is 23.5. The van der Waals surface area contributed by atoms with Crippen molar-refractivity contribution in [1.29, 1.82) is 0 Å². The van der Waals surface area contributed by atoms with Gasteiger partial charge in [-0.25, -0.2) is 0 Å². The maximum Gasteiger partial charge on any atom is 0.306 e. The molecule has 0 aromatic rings. The van der Waals surface area contributed by atoms with Crippen molar-refractivity contribution in [2.24, 2.45) is 0 Å². The van der Waals surface area contributed by atoms with E-state index >= 15 is 0 Å². The minimum atomic E-state index is -4.62. The van der Waals surface area contributed by atoms with E-state index in [9.17, 15) is 19.0 Å². The maximum absolute atomic E-state index is 12.7. The lowest BCUT2D eigenvalue weighted by molar-refractivity contribution is -0.870. The summed E-state index contributed by atoms with van der Waals surface area (Å²) in [6.07, 6.45) is 62.0. The van der Waals surface area contributed by atoms with E-state index in [-0.39, 0.29) is 32.0 Å². The highest BCUT2D eigenvalue weighted by atomic mass is 31.2. The molecule has 70 heavy (non-hydrogen) atoms. The fourth-order valence-corrected chi connectivity index (χ4v) is 9.80. The van der Waals surface area contributed by atoms with Crippen LogP contribution in [0.3, 0.4) is 0 Å². The van der Waals surface area contributed by atoms with Crippen LogP contribution in [0.2, 0.25) is 0 Å². The van der Waals surface area contributed by atoms with Crippen molar-refractivity contribution >= 4 is 19.8 Å². The largest absolute Gasteiger partial charge is 0.756 e. The first-order valence-corrected chi connectivity index (χ1v) is 31.9. The first kappa shape index (κ1) is 68.8. The van der Waals surface area contributed by atoms with Crippen LogP contribution >= 0.6 is 7.82 Å². The predicted octanol–water partition coefficient (Wildman–Crippen LogP) is 18.2. The molecule has 0 aromatic carbocycles. The number of unbranched alkanes of at least 4 members (excludes halogenated alkanes) is 41. The molecule has 2 unspecified atom stereocenters. The standard InChI is InChI=1S/C60H118NO8P/c1-6-8-10-12-14-15-16-17-18-19-20-21-22-23-24-25-26-27-28-29-30-31-32-33-34-35-36-37-38-39-40-41-42-43-44-45-47-49-51-53-60(63)69-58(57-68-70(64,65)67-55-54-61(3,4)5)56-66-59(62)52-50-48-46-13-11-9-7-2/h19-20,58H,6-18,21-57H2,1-5H3/b20-19-. The quantitative estimate of drug-likeness (QED) is 0.0195. The number of phosphoric acid groups is 1. The molecule has 0 fully saturated rings. The zero-order valence-corrected chi connectivity index (χ0v) is 48.1. The first-order chi connectivity index (χ1) is 34.0. The van der Waals surface area contributed by atoms with Gasteiger partial charge in [-0.15, -0.1) is 0 Å². The molecule has 0 aromatic heterocycles. The second kappa shape index (κ2) is 52.6. The summed E-state index contributed by atoms with van der Waals surface area (Å²) in [5, 5.41) is 0. The number of rotatable bonds is 57. The highest BCUT2D eigenvalue weighted by Gasteiger charge is 2.22. The molecule has 0 rings (SSSR count). The van der Waals surface area contributed by atoms with E-state index in [4.69, 9.17) is 18.5 Å². The number of esters is 2. The molecule has 0 bridgehead atoms. The van der Waals surface area contributed by atoms with Crippen molar-refractivity contribution < 1.29 is 42.1 Å². The number of allylic oxidation sites excluding steroid dienone is 2. The van der Waals surface area contributed by atoms with Gasteiger partial charge in [0.15, 0.2) is 6.10 Å². The van der Waals surface area contributed by atoms with E-state index in [2.05, 4.69) is 26.0 Å². The number of hydrogen-bond acceptors (Lipinski definition) is 8. The Morgan fingerprint density at radius 3 is 1.06 bits per heavy atom. The monoisotopic (exact) mass is 1010 g/mol. The van der Waals surface area contributed by atoms with E-state index in [1.54, 1.807) is 0 Å². The Morgan fingerprint density at radius 2 is 0.729 bits per heavy atom. The Kier molecular flexibility index (Phi) is 51.7. The van der Waals surface area contributed by atoms with E-state index < -0.39 is 26.5 Å². The maximum atomic E-state index is 12.7. The Morgan fingerprint density at radius 1 is 0.429 bits per heavy atom.